The lowest BCUT2D eigenvalue weighted by molar-refractivity contribution is -0.139. The van der Waals surface area contributed by atoms with E-state index < -0.39 is 11.9 Å². The molecule has 3 rings (SSSR count). The Balaban J connectivity index is 1.68. The van der Waals surface area contributed by atoms with Crippen molar-refractivity contribution in [3.05, 3.63) is 59.7 Å². The van der Waals surface area contributed by atoms with Gasteiger partial charge in [0.05, 0.1) is 5.92 Å². The third kappa shape index (κ3) is 3.60. The third-order valence-corrected chi connectivity index (χ3v) is 4.34. The molecule has 128 valence electrons. The highest BCUT2D eigenvalue weighted by atomic mass is 16.5. The fourth-order valence-corrected chi connectivity index (χ4v) is 2.92. The van der Waals surface area contributed by atoms with Crippen molar-refractivity contribution in [1.82, 2.24) is 0 Å². The van der Waals surface area contributed by atoms with Gasteiger partial charge in [0.1, 0.15) is 5.75 Å². The van der Waals surface area contributed by atoms with Gasteiger partial charge in [0, 0.05) is 24.2 Å². The van der Waals surface area contributed by atoms with Gasteiger partial charge >= 0.3 is 5.97 Å². The predicted molar refractivity (Wildman–Crippen MR) is 93.7 cm³/mol. The van der Waals surface area contributed by atoms with Crippen molar-refractivity contribution in [3.8, 4) is 5.75 Å². The highest BCUT2D eigenvalue weighted by Crippen LogP contribution is 2.28. The van der Waals surface area contributed by atoms with Gasteiger partial charge in [-0.2, -0.15) is 0 Å². The van der Waals surface area contributed by atoms with Crippen LogP contribution < -0.4 is 9.64 Å². The molecule has 25 heavy (non-hydrogen) atoms. The second-order valence-corrected chi connectivity index (χ2v) is 6.19. The Morgan fingerprint density at radius 2 is 1.76 bits per heavy atom. The Hall–Kier alpha value is -2.95. The van der Waals surface area contributed by atoms with E-state index in [1.54, 1.807) is 29.2 Å². The van der Waals surface area contributed by atoms with Crippen LogP contribution in [0.5, 0.6) is 5.75 Å². The van der Waals surface area contributed by atoms with Gasteiger partial charge in [0.25, 0.3) is 0 Å². The van der Waals surface area contributed by atoms with Crippen LogP contribution in [0.3, 0.4) is 0 Å². The Morgan fingerprint density at radius 3 is 2.40 bits per heavy atom. The van der Waals surface area contributed by atoms with E-state index in [1.807, 2.05) is 31.2 Å². The average molecular weight is 337 g/mol. The fourth-order valence-electron chi connectivity index (χ4n) is 2.92. The first-order valence-electron chi connectivity index (χ1n) is 8.14. The highest BCUT2D eigenvalue weighted by molar-refractivity contribution is 6.00. The summed E-state index contributed by atoms with van der Waals surface area (Å²) in [4.78, 5) is 37.6. The largest absolute Gasteiger partial charge is 0.426 e. The monoisotopic (exact) mass is 337 g/mol. The highest BCUT2D eigenvalue weighted by Gasteiger charge is 2.36. The molecule has 1 atom stereocenters. The summed E-state index contributed by atoms with van der Waals surface area (Å²) in [6.07, 6.45) is 0.138. The van der Waals surface area contributed by atoms with Crippen LogP contribution in [0.4, 0.5) is 5.69 Å². The van der Waals surface area contributed by atoms with E-state index in [9.17, 15) is 14.4 Å². The average Bonchev–Trinajstić information content (AvgIpc) is 2.97. The molecular weight excluding hydrogens is 318 g/mol. The zero-order valence-corrected chi connectivity index (χ0v) is 14.2. The Bertz CT molecular complexity index is 826. The minimum atomic E-state index is -0.500. The number of ether oxygens (including phenoxy) is 1. The minimum Gasteiger partial charge on any atom is -0.426 e. The summed E-state index contributed by atoms with van der Waals surface area (Å²) < 4.78 is 5.37. The fraction of sp³-hybridized carbons (Fsp3) is 0.250. The number of amides is 1. The maximum Gasteiger partial charge on any atom is 0.316 e. The Kier molecular flexibility index (Phi) is 4.65. The molecule has 1 amide bonds. The topological polar surface area (TPSA) is 63.7 Å². The second kappa shape index (κ2) is 6.89. The van der Waals surface area contributed by atoms with Crippen molar-refractivity contribution in [2.45, 2.75) is 20.3 Å². The molecular formula is C20H19NO4. The molecule has 0 aliphatic carbocycles. The van der Waals surface area contributed by atoms with Crippen molar-refractivity contribution < 1.29 is 19.1 Å². The zero-order chi connectivity index (χ0) is 18.0. The smallest absolute Gasteiger partial charge is 0.316 e. The molecule has 0 bridgehead atoms. The summed E-state index contributed by atoms with van der Waals surface area (Å²) in [5.74, 6) is -0.687. The van der Waals surface area contributed by atoms with Crippen molar-refractivity contribution in [2.24, 2.45) is 5.92 Å². The molecule has 0 spiro atoms. The van der Waals surface area contributed by atoms with Crippen LogP contribution >= 0.6 is 0 Å². The molecule has 0 radical (unpaired) electrons. The number of nitrogens with zero attached hydrogens (tertiary/aromatic N) is 1. The standard InChI is InChI=1S/C20H19NO4/c1-13-5-3-4-6-18(13)21-12-16(11-19(21)23)20(24)25-17-9-7-15(8-10-17)14(2)22/h3-10,16H,11-12H2,1-2H3/t16-/m1/s1. The van der Waals surface area contributed by atoms with Gasteiger partial charge in [-0.15, -0.1) is 0 Å². The van der Waals surface area contributed by atoms with Crippen molar-refractivity contribution in [1.29, 1.82) is 0 Å². The number of carbonyl (C=O) groups is 3. The normalized spacial score (nSPS) is 16.8. The number of carbonyl (C=O) groups excluding carboxylic acids is 3. The number of benzene rings is 2. The summed E-state index contributed by atoms with van der Waals surface area (Å²) in [5, 5.41) is 0. The van der Waals surface area contributed by atoms with Crippen molar-refractivity contribution in [2.75, 3.05) is 11.4 Å². The van der Waals surface area contributed by atoms with Crippen LogP contribution in [0, 0.1) is 12.8 Å². The van der Waals surface area contributed by atoms with E-state index in [-0.39, 0.29) is 18.1 Å². The lowest BCUT2D eigenvalue weighted by Gasteiger charge is -2.18. The molecule has 5 nitrogen and oxygen atoms in total. The lowest BCUT2D eigenvalue weighted by atomic mass is 10.1. The van der Waals surface area contributed by atoms with E-state index in [1.165, 1.54) is 6.92 Å². The van der Waals surface area contributed by atoms with E-state index >= 15 is 0 Å². The minimum absolute atomic E-state index is 0.0480. The zero-order valence-electron chi connectivity index (χ0n) is 14.2. The molecule has 1 heterocycles. The summed E-state index contributed by atoms with van der Waals surface area (Å²) in [5.41, 5.74) is 2.37. The van der Waals surface area contributed by atoms with Gasteiger partial charge in [-0.25, -0.2) is 0 Å². The number of ketones is 1. The van der Waals surface area contributed by atoms with Gasteiger partial charge in [0.2, 0.25) is 5.91 Å². The van der Waals surface area contributed by atoms with Crippen molar-refractivity contribution >= 4 is 23.3 Å². The molecule has 2 aromatic rings. The number of para-hydroxylation sites is 1. The maximum atomic E-state index is 12.4. The predicted octanol–water partition coefficient (Wildman–Crippen LogP) is 3.16. The molecule has 1 aliphatic heterocycles. The molecule has 0 unspecified atom stereocenters. The second-order valence-electron chi connectivity index (χ2n) is 6.19. The molecule has 1 fully saturated rings. The first-order chi connectivity index (χ1) is 12.0. The summed E-state index contributed by atoms with van der Waals surface area (Å²) in [7, 11) is 0. The number of hydrogen-bond acceptors (Lipinski definition) is 4. The summed E-state index contributed by atoms with van der Waals surface area (Å²) in [6.45, 7) is 3.73. The molecule has 0 saturated carbocycles. The Morgan fingerprint density at radius 1 is 1.08 bits per heavy atom. The third-order valence-electron chi connectivity index (χ3n) is 4.34. The molecule has 2 aromatic carbocycles. The van der Waals surface area contributed by atoms with Crippen LogP contribution in [-0.4, -0.2) is 24.2 Å². The van der Waals surface area contributed by atoms with Gasteiger partial charge in [-0.05, 0) is 49.7 Å². The van der Waals surface area contributed by atoms with Crippen LogP contribution in [0.15, 0.2) is 48.5 Å². The molecule has 5 heteroatoms. The van der Waals surface area contributed by atoms with E-state index in [2.05, 4.69) is 0 Å². The van der Waals surface area contributed by atoms with E-state index in [4.69, 9.17) is 4.74 Å². The van der Waals surface area contributed by atoms with Gasteiger partial charge in [0.15, 0.2) is 5.78 Å². The number of hydrogen-bond donors (Lipinski definition) is 0. The SMILES string of the molecule is CC(=O)c1ccc(OC(=O)[C@@H]2CC(=O)N(c3ccccc3C)C2)cc1. The van der Waals surface area contributed by atoms with E-state index in [0.717, 1.165) is 11.3 Å². The number of Topliss-reactive ketones (excluding diaryl/α,β-unsaturated/α-hetero) is 1. The number of rotatable bonds is 4. The van der Waals surface area contributed by atoms with Gasteiger partial charge in [-0.3, -0.25) is 14.4 Å². The number of anilines is 1. The number of aryl methyl sites for hydroxylation is 1. The maximum absolute atomic E-state index is 12.4. The first kappa shape index (κ1) is 16.9. The van der Waals surface area contributed by atoms with Crippen LogP contribution in [-0.2, 0) is 9.59 Å². The quantitative estimate of drug-likeness (QED) is 0.488. The van der Waals surface area contributed by atoms with Crippen molar-refractivity contribution in [3.63, 3.8) is 0 Å². The molecule has 1 aliphatic rings. The van der Waals surface area contributed by atoms with Gasteiger partial charge in [-0.1, -0.05) is 18.2 Å². The molecule has 1 saturated heterocycles. The molecule has 0 aromatic heterocycles. The Labute approximate surface area is 146 Å². The number of esters is 1. The summed E-state index contributed by atoms with van der Waals surface area (Å²) >= 11 is 0. The van der Waals surface area contributed by atoms with E-state index in [0.29, 0.717) is 17.9 Å². The molecule has 0 N–H and O–H groups in total. The van der Waals surface area contributed by atoms with Crippen LogP contribution in [0.1, 0.15) is 29.3 Å². The first-order valence-corrected chi connectivity index (χ1v) is 8.14. The van der Waals surface area contributed by atoms with Gasteiger partial charge < -0.3 is 9.64 Å². The lowest BCUT2D eigenvalue weighted by Crippen LogP contribution is -2.27. The van der Waals surface area contributed by atoms with Crippen LogP contribution in [0.25, 0.3) is 0 Å². The summed E-state index contributed by atoms with van der Waals surface area (Å²) in [6, 6.07) is 14.0. The van der Waals surface area contributed by atoms with Crippen LogP contribution in [0.2, 0.25) is 0 Å².